The van der Waals surface area contributed by atoms with Crippen molar-refractivity contribution in [3.63, 3.8) is 0 Å². The maximum Gasteiger partial charge on any atom is 0.00790 e. The summed E-state index contributed by atoms with van der Waals surface area (Å²) in [5.74, 6) is 1.15. The Balaban J connectivity index is 0.00000225. The monoisotopic (exact) mass is 259 g/mol. The van der Waals surface area contributed by atoms with Gasteiger partial charge in [0, 0.05) is 10.9 Å². The summed E-state index contributed by atoms with van der Waals surface area (Å²) in [4.78, 5) is 1.37. The van der Waals surface area contributed by atoms with E-state index in [1.807, 2.05) is 11.8 Å². The molecule has 1 N–H and O–H groups in total. The number of hydrogen-bond acceptors (Lipinski definition) is 2. The standard InChI is InChI=1S/C13H21NS.ClH/c1-4-14-11(3)10-12-6-8-13(9-7-12)15-5-2;/h6-9,11,14H,4-5,10H2,1-3H3;1H. The van der Waals surface area contributed by atoms with Crippen molar-refractivity contribution in [1.29, 1.82) is 0 Å². The van der Waals surface area contributed by atoms with Crippen molar-refractivity contribution in [3.8, 4) is 0 Å². The molecule has 3 heteroatoms. The Bertz CT molecular complexity index is 274. The van der Waals surface area contributed by atoms with E-state index >= 15 is 0 Å². The van der Waals surface area contributed by atoms with E-state index in [-0.39, 0.29) is 12.4 Å². The molecule has 1 rings (SSSR count). The number of nitrogens with one attached hydrogen (secondary N) is 1. The Labute approximate surface area is 110 Å². The van der Waals surface area contributed by atoms with Gasteiger partial charge in [0.25, 0.3) is 0 Å². The van der Waals surface area contributed by atoms with Crippen LogP contribution in [0.1, 0.15) is 26.3 Å². The second-order valence-corrected chi connectivity index (χ2v) is 5.08. The van der Waals surface area contributed by atoms with Gasteiger partial charge < -0.3 is 5.32 Å². The summed E-state index contributed by atoms with van der Waals surface area (Å²) in [5.41, 5.74) is 1.42. The molecular formula is C13H22ClNS. The van der Waals surface area contributed by atoms with Crippen molar-refractivity contribution in [1.82, 2.24) is 5.32 Å². The number of thioether (sulfide) groups is 1. The van der Waals surface area contributed by atoms with Crippen molar-refractivity contribution < 1.29 is 0 Å². The zero-order valence-electron chi connectivity index (χ0n) is 10.3. The van der Waals surface area contributed by atoms with Crippen LogP contribution in [0.5, 0.6) is 0 Å². The third-order valence-corrected chi connectivity index (χ3v) is 3.22. The van der Waals surface area contributed by atoms with Crippen LogP contribution in [-0.2, 0) is 6.42 Å². The molecule has 0 saturated heterocycles. The lowest BCUT2D eigenvalue weighted by Crippen LogP contribution is -2.27. The molecule has 92 valence electrons. The first kappa shape index (κ1) is 15.8. The molecule has 16 heavy (non-hydrogen) atoms. The van der Waals surface area contributed by atoms with Crippen molar-refractivity contribution in [2.45, 2.75) is 38.1 Å². The van der Waals surface area contributed by atoms with Crippen molar-refractivity contribution in [3.05, 3.63) is 29.8 Å². The molecule has 0 heterocycles. The van der Waals surface area contributed by atoms with Gasteiger partial charge in [0.05, 0.1) is 0 Å². The Hall–Kier alpha value is -0.180. The highest BCUT2D eigenvalue weighted by Gasteiger charge is 2.01. The predicted octanol–water partition coefficient (Wildman–Crippen LogP) is 3.76. The van der Waals surface area contributed by atoms with Crippen LogP contribution in [0.3, 0.4) is 0 Å². The summed E-state index contributed by atoms with van der Waals surface area (Å²) in [5, 5.41) is 3.43. The highest BCUT2D eigenvalue weighted by Crippen LogP contribution is 2.18. The molecule has 0 aliphatic carbocycles. The summed E-state index contributed by atoms with van der Waals surface area (Å²) >= 11 is 1.90. The van der Waals surface area contributed by atoms with Crippen molar-refractivity contribution in [2.24, 2.45) is 0 Å². The van der Waals surface area contributed by atoms with E-state index in [1.165, 1.54) is 10.5 Å². The average Bonchev–Trinajstić information content (AvgIpc) is 2.22. The van der Waals surface area contributed by atoms with Gasteiger partial charge in [-0.2, -0.15) is 0 Å². The van der Waals surface area contributed by atoms with E-state index in [2.05, 4.69) is 50.4 Å². The van der Waals surface area contributed by atoms with Gasteiger partial charge in [-0.15, -0.1) is 24.2 Å². The summed E-state index contributed by atoms with van der Waals surface area (Å²) in [6, 6.07) is 9.50. The topological polar surface area (TPSA) is 12.0 Å². The molecule has 0 saturated carbocycles. The third kappa shape index (κ3) is 5.78. The van der Waals surface area contributed by atoms with Gasteiger partial charge in [-0.05, 0) is 43.3 Å². The van der Waals surface area contributed by atoms with Gasteiger partial charge in [0.1, 0.15) is 0 Å². The van der Waals surface area contributed by atoms with Gasteiger partial charge in [0.2, 0.25) is 0 Å². The lowest BCUT2D eigenvalue weighted by molar-refractivity contribution is 0.565. The molecule has 1 nitrogen and oxygen atoms in total. The molecule has 1 unspecified atom stereocenters. The lowest BCUT2D eigenvalue weighted by Gasteiger charge is -2.12. The molecule has 1 aromatic carbocycles. The van der Waals surface area contributed by atoms with Gasteiger partial charge in [0.15, 0.2) is 0 Å². The highest BCUT2D eigenvalue weighted by molar-refractivity contribution is 7.99. The van der Waals surface area contributed by atoms with E-state index in [1.54, 1.807) is 0 Å². The molecule has 0 aliphatic heterocycles. The molecule has 0 fully saturated rings. The molecule has 0 bridgehead atoms. The van der Waals surface area contributed by atoms with Crippen LogP contribution in [0, 0.1) is 0 Å². The van der Waals surface area contributed by atoms with Crippen molar-refractivity contribution >= 4 is 24.2 Å². The van der Waals surface area contributed by atoms with E-state index < -0.39 is 0 Å². The highest BCUT2D eigenvalue weighted by atomic mass is 35.5. The van der Waals surface area contributed by atoms with E-state index in [4.69, 9.17) is 0 Å². The molecule has 0 amide bonds. The molecule has 0 aliphatic rings. The molecule has 1 aromatic rings. The van der Waals surface area contributed by atoms with E-state index in [9.17, 15) is 0 Å². The third-order valence-electron chi connectivity index (χ3n) is 2.33. The number of hydrogen-bond donors (Lipinski definition) is 1. The Kier molecular flexibility index (Phi) is 8.81. The lowest BCUT2D eigenvalue weighted by atomic mass is 10.1. The van der Waals surface area contributed by atoms with E-state index in [0.29, 0.717) is 6.04 Å². The number of rotatable bonds is 6. The maximum absolute atomic E-state index is 3.43. The Morgan fingerprint density at radius 2 is 1.81 bits per heavy atom. The van der Waals surface area contributed by atoms with Crippen LogP contribution in [0.2, 0.25) is 0 Å². The fraction of sp³-hybridized carbons (Fsp3) is 0.538. The quantitative estimate of drug-likeness (QED) is 0.781. The average molecular weight is 260 g/mol. The van der Waals surface area contributed by atoms with Crippen LogP contribution in [0.25, 0.3) is 0 Å². The van der Waals surface area contributed by atoms with Gasteiger partial charge in [-0.1, -0.05) is 26.0 Å². The second kappa shape index (κ2) is 8.91. The SMILES string of the molecule is CCNC(C)Cc1ccc(SCC)cc1.Cl. The summed E-state index contributed by atoms with van der Waals surface area (Å²) < 4.78 is 0. The normalized spacial score (nSPS) is 11.9. The minimum Gasteiger partial charge on any atom is -0.314 e. The predicted molar refractivity (Wildman–Crippen MR) is 76.9 cm³/mol. The number of halogens is 1. The number of likely N-dealkylation sites (N-methyl/N-ethyl adjacent to an activating group) is 1. The van der Waals surface area contributed by atoms with Crippen molar-refractivity contribution in [2.75, 3.05) is 12.3 Å². The van der Waals surface area contributed by atoms with Gasteiger partial charge in [-0.3, -0.25) is 0 Å². The van der Waals surface area contributed by atoms with Gasteiger partial charge in [-0.25, -0.2) is 0 Å². The fourth-order valence-electron chi connectivity index (χ4n) is 1.66. The minimum absolute atomic E-state index is 0. The Morgan fingerprint density at radius 3 is 2.31 bits per heavy atom. The molecule has 0 aromatic heterocycles. The van der Waals surface area contributed by atoms with E-state index in [0.717, 1.165) is 18.7 Å². The molecule has 0 radical (unpaired) electrons. The molecule has 1 atom stereocenters. The summed E-state index contributed by atoms with van der Waals surface area (Å²) in [7, 11) is 0. The smallest absolute Gasteiger partial charge is 0.00790 e. The zero-order chi connectivity index (χ0) is 11.1. The van der Waals surface area contributed by atoms with Gasteiger partial charge >= 0.3 is 0 Å². The maximum atomic E-state index is 3.43. The first-order valence-corrected chi connectivity index (χ1v) is 6.70. The van der Waals surface area contributed by atoms with Crippen LogP contribution in [0.15, 0.2) is 29.2 Å². The molecule has 0 spiro atoms. The summed E-state index contributed by atoms with van der Waals surface area (Å²) in [6.07, 6.45) is 1.12. The summed E-state index contributed by atoms with van der Waals surface area (Å²) in [6.45, 7) is 7.62. The minimum atomic E-state index is 0. The first-order valence-electron chi connectivity index (χ1n) is 5.71. The Morgan fingerprint density at radius 1 is 1.19 bits per heavy atom. The molecular weight excluding hydrogens is 238 g/mol. The zero-order valence-corrected chi connectivity index (χ0v) is 12.0. The first-order chi connectivity index (χ1) is 7.26. The number of benzene rings is 1. The second-order valence-electron chi connectivity index (χ2n) is 3.74. The van der Waals surface area contributed by atoms with Crippen LogP contribution < -0.4 is 5.32 Å². The van der Waals surface area contributed by atoms with Crippen LogP contribution in [0.4, 0.5) is 0 Å². The fourth-order valence-corrected chi connectivity index (χ4v) is 2.32. The largest absolute Gasteiger partial charge is 0.314 e. The van der Waals surface area contributed by atoms with Crippen LogP contribution >= 0.6 is 24.2 Å². The van der Waals surface area contributed by atoms with Crippen LogP contribution in [-0.4, -0.2) is 18.3 Å².